The molecule has 0 bridgehead atoms. The first kappa shape index (κ1) is 39.3. The summed E-state index contributed by atoms with van der Waals surface area (Å²) in [4.78, 5) is 9.83. The first-order chi connectivity index (χ1) is 29.3. The fraction of sp³-hybridized carbons (Fsp3) is 0.132. The molecule has 0 amide bonds. The van der Waals surface area contributed by atoms with E-state index < -0.39 is 19.2 Å². The maximum atomic E-state index is 14.3. The molecule has 4 aromatic heterocycles. The van der Waals surface area contributed by atoms with E-state index in [4.69, 9.17) is 15.2 Å². The molecule has 11 aromatic rings. The van der Waals surface area contributed by atoms with Crippen molar-refractivity contribution >= 4 is 83.3 Å². The first-order valence-electron chi connectivity index (χ1n) is 20.7. The molecule has 0 atom stereocenters. The van der Waals surface area contributed by atoms with Gasteiger partial charge in [0.1, 0.15) is 17.0 Å². The van der Waals surface area contributed by atoms with Gasteiger partial charge in [0.25, 0.3) is 0 Å². The summed E-state index contributed by atoms with van der Waals surface area (Å²) in [5, 5.41) is 5.90. The van der Waals surface area contributed by atoms with Crippen molar-refractivity contribution in [3.05, 3.63) is 169 Å². The van der Waals surface area contributed by atoms with Gasteiger partial charge in [-0.3, -0.25) is 4.98 Å². The Hall–Kier alpha value is -5.86. The molecule has 11 rings (SSSR count). The maximum Gasteiger partial charge on any atom is 0 e. The Morgan fingerprint density at radius 2 is 1.48 bits per heavy atom. The zero-order chi connectivity index (χ0) is 42.2. The molecular weight excluding hydrogens is 994 g/mol. The van der Waals surface area contributed by atoms with Crippen LogP contribution in [0.4, 0.5) is 4.39 Å². The Kier molecular flexibility index (Phi) is 10.2. The van der Waals surface area contributed by atoms with Gasteiger partial charge in [-0.15, -0.1) is 17.7 Å². The second kappa shape index (κ2) is 15.9. The van der Waals surface area contributed by atoms with Crippen molar-refractivity contribution in [1.82, 2.24) is 14.5 Å². The number of imidazole rings is 1. The van der Waals surface area contributed by atoms with Gasteiger partial charge in [-0.25, -0.2) is 4.39 Å². The number of benzene rings is 7. The normalized spacial score (nSPS) is 12.3. The van der Waals surface area contributed by atoms with Crippen LogP contribution >= 0.6 is 0 Å². The Bertz CT molecular complexity index is 3490. The zero-order valence-electron chi connectivity index (χ0n) is 35.6. The summed E-state index contributed by atoms with van der Waals surface area (Å²) >= 11 is -2.03. The predicted molar refractivity (Wildman–Crippen MR) is 248 cm³/mol. The smallest absolute Gasteiger partial charge is 0 e. The third-order valence-corrected chi connectivity index (χ3v) is 15.5. The average molecular weight is 1040 g/mol. The summed E-state index contributed by atoms with van der Waals surface area (Å²) in [5.41, 5.74) is 10.3. The number of hydrogen-bond acceptors (Lipinski definition) is 4. The van der Waals surface area contributed by atoms with Crippen molar-refractivity contribution in [2.24, 2.45) is 0 Å². The number of halogens is 1. The van der Waals surface area contributed by atoms with E-state index in [9.17, 15) is 4.39 Å². The molecule has 7 aromatic carbocycles. The van der Waals surface area contributed by atoms with E-state index in [-0.39, 0.29) is 25.9 Å². The number of furan rings is 2. The van der Waals surface area contributed by atoms with Crippen LogP contribution in [0.1, 0.15) is 32.2 Å². The third kappa shape index (κ3) is 7.18. The fourth-order valence-electron chi connectivity index (χ4n) is 8.37. The third-order valence-electron chi connectivity index (χ3n) is 11.3. The van der Waals surface area contributed by atoms with Crippen molar-refractivity contribution in [3.63, 3.8) is 0 Å². The minimum Gasteiger partial charge on any atom is 0 e. The van der Waals surface area contributed by atoms with E-state index in [1.807, 2.05) is 98.9 Å². The second-order valence-corrected chi connectivity index (χ2v) is 27.2. The Balaban J connectivity index is 0.000000198. The summed E-state index contributed by atoms with van der Waals surface area (Å²) < 4.78 is 39.0. The molecule has 0 aliphatic carbocycles. The minimum atomic E-state index is -2.03. The number of para-hydroxylation sites is 2. The van der Waals surface area contributed by atoms with Crippen molar-refractivity contribution < 1.29 is 34.7 Å². The second-order valence-electron chi connectivity index (χ2n) is 16.6. The monoisotopic (exact) mass is 1040 g/mol. The van der Waals surface area contributed by atoms with E-state index in [1.54, 1.807) is 6.07 Å². The molecule has 303 valence electrons. The summed E-state index contributed by atoms with van der Waals surface area (Å²) in [5.74, 6) is 6.84. The van der Waals surface area contributed by atoms with E-state index in [2.05, 4.69) is 82.3 Å². The quantitative estimate of drug-likeness (QED) is 0.127. The van der Waals surface area contributed by atoms with Gasteiger partial charge < -0.3 is 13.4 Å². The van der Waals surface area contributed by atoms with Gasteiger partial charge in [0, 0.05) is 36.3 Å². The predicted octanol–water partition coefficient (Wildman–Crippen LogP) is 14.1. The van der Waals surface area contributed by atoms with Crippen LogP contribution in [0.25, 0.3) is 94.0 Å². The van der Waals surface area contributed by atoms with Crippen molar-refractivity contribution in [2.45, 2.75) is 43.9 Å². The number of pyridine rings is 1. The van der Waals surface area contributed by atoms with Crippen molar-refractivity contribution in [1.29, 1.82) is 0 Å². The van der Waals surface area contributed by atoms with E-state index >= 15 is 0 Å². The Morgan fingerprint density at radius 1 is 0.754 bits per heavy atom. The first-order valence-corrected chi connectivity index (χ1v) is 27.5. The molecular formula is C53H42FGeIrN3O2-2. The molecule has 0 saturated heterocycles. The largest absolute Gasteiger partial charge is 0 e. The van der Waals surface area contributed by atoms with Crippen LogP contribution in [0.5, 0.6) is 0 Å². The number of hydrogen-bond donors (Lipinski definition) is 0. The van der Waals surface area contributed by atoms with E-state index in [0.29, 0.717) is 17.0 Å². The van der Waals surface area contributed by atoms with Gasteiger partial charge in [0.15, 0.2) is 5.58 Å². The summed E-state index contributed by atoms with van der Waals surface area (Å²) in [6.07, 6.45) is 2.00. The van der Waals surface area contributed by atoms with Crippen molar-refractivity contribution in [3.8, 4) is 28.3 Å². The molecule has 0 fully saturated rings. The van der Waals surface area contributed by atoms with Gasteiger partial charge in [0.2, 0.25) is 0 Å². The molecule has 0 aliphatic rings. The summed E-state index contributed by atoms with van der Waals surface area (Å²) in [6, 6.07) is 49.9. The van der Waals surface area contributed by atoms with Crippen LogP contribution in [0.15, 0.2) is 148 Å². The Labute approximate surface area is 371 Å². The molecule has 0 N–H and O–H groups in total. The number of fused-ring (bicyclic) bond motifs is 8. The zero-order valence-corrected chi connectivity index (χ0v) is 39.1. The topological polar surface area (TPSA) is 57.0 Å². The number of rotatable bonds is 5. The molecule has 61 heavy (non-hydrogen) atoms. The van der Waals surface area contributed by atoms with Crippen LogP contribution < -0.4 is 4.40 Å². The number of nitrogens with zero attached hydrogens (tertiary/aromatic N) is 3. The van der Waals surface area contributed by atoms with Gasteiger partial charge in [0.05, 0.1) is 28.1 Å². The van der Waals surface area contributed by atoms with E-state index in [1.165, 1.54) is 16.5 Å². The van der Waals surface area contributed by atoms with Crippen LogP contribution in [0.3, 0.4) is 0 Å². The molecule has 0 aliphatic heterocycles. The molecule has 0 saturated carbocycles. The number of aromatic nitrogens is 3. The van der Waals surface area contributed by atoms with Gasteiger partial charge in [-0.2, -0.15) is 0 Å². The fourth-order valence-corrected chi connectivity index (χ4v) is 11.7. The van der Waals surface area contributed by atoms with Crippen molar-refractivity contribution in [2.75, 3.05) is 0 Å². The van der Waals surface area contributed by atoms with Crippen LogP contribution in [0.2, 0.25) is 17.3 Å². The van der Waals surface area contributed by atoms with E-state index in [0.717, 1.165) is 88.2 Å². The molecule has 0 unspecified atom stereocenters. The minimum absolute atomic E-state index is 0. The van der Waals surface area contributed by atoms with Gasteiger partial charge >= 0.3 is 120 Å². The van der Waals surface area contributed by atoms with Crippen LogP contribution in [-0.4, -0.2) is 27.8 Å². The van der Waals surface area contributed by atoms with Gasteiger partial charge in [-0.1, -0.05) is 72.5 Å². The van der Waals surface area contributed by atoms with Crippen LogP contribution in [-0.2, 0) is 20.1 Å². The number of aryl methyl sites for hydroxylation is 1. The molecule has 1 radical (unpaired) electrons. The van der Waals surface area contributed by atoms with Crippen LogP contribution in [0, 0.1) is 24.9 Å². The standard InChI is InChI=1S/C36H20FN2O2.C17H22GeN.Ir/c1-20-13-15-26(35-33(20)25-9-4-5-12-31(25)41-35)36-38-28-17-21-7-2-3-8-22(21)18-30(28)39(36)29-11-6-10-24-27-19-23(37)14-16-32(27)40-34(24)29;1-13(2)15-11-17(14-9-7-6-8-10-14)19-12-16(15)18(3,4)5;/h2-14,16-19H,1H3;6-9,11-13H,1-5H3;/q2*-1;/i;13D;. The average Bonchev–Trinajstić information content (AvgIpc) is 3.94. The maximum absolute atomic E-state index is 14.3. The Morgan fingerprint density at radius 3 is 2.25 bits per heavy atom. The molecule has 8 heteroatoms. The summed E-state index contributed by atoms with van der Waals surface area (Å²) in [7, 11) is 0. The van der Waals surface area contributed by atoms with Gasteiger partial charge in [-0.05, 0) is 53.2 Å². The SMILES string of the molecule is Cc1c[c-]c(-c2nc3cc4ccccc4cc3n2-c2cccc3c2oc2ccc(F)cc23)c2oc3ccccc3c12.[2H]C(C)(C)c1cc(-c2[c-]cccc2)nc[c]1[Ge]([CH3])([CH3])[CH3].[Ir]. The summed E-state index contributed by atoms with van der Waals surface area (Å²) in [6.45, 7) is 5.99. The molecule has 5 nitrogen and oxygen atoms in total. The molecule has 0 spiro atoms. The molecule has 4 heterocycles.